The van der Waals surface area contributed by atoms with E-state index in [1.165, 1.54) is 5.56 Å². The molecule has 4 nitrogen and oxygen atoms in total. The molecule has 2 heterocycles. The molecule has 0 saturated heterocycles. The number of ether oxygens (including phenoxy) is 1. The Hall–Kier alpha value is -1.29. The molecule has 4 heteroatoms. The van der Waals surface area contributed by atoms with Crippen molar-refractivity contribution >= 4 is 5.82 Å². The Bertz CT molecular complexity index is 394. The Morgan fingerprint density at radius 1 is 1.39 bits per heavy atom. The summed E-state index contributed by atoms with van der Waals surface area (Å²) in [6, 6.07) is 2.12. The highest BCUT2D eigenvalue weighted by atomic mass is 16.5. The molecule has 0 saturated carbocycles. The number of aryl methyl sites for hydroxylation is 2. The molecule has 0 bridgehead atoms. The zero-order valence-corrected chi connectivity index (χ0v) is 11.0. The van der Waals surface area contributed by atoms with Crippen molar-refractivity contribution in [2.45, 2.75) is 38.5 Å². The van der Waals surface area contributed by atoms with Crippen molar-refractivity contribution in [1.29, 1.82) is 0 Å². The third-order valence-corrected chi connectivity index (χ3v) is 3.35. The van der Waals surface area contributed by atoms with Crippen LogP contribution in [0.3, 0.4) is 0 Å². The van der Waals surface area contributed by atoms with Crippen molar-refractivity contribution in [3.05, 3.63) is 17.3 Å². The van der Waals surface area contributed by atoms with Crippen LogP contribution >= 0.6 is 0 Å². The number of hydrogen-bond acceptors (Lipinski definition) is 4. The van der Waals surface area contributed by atoms with E-state index in [9.17, 15) is 0 Å². The van der Waals surface area contributed by atoms with Crippen LogP contribution in [0.25, 0.3) is 0 Å². The minimum Gasteiger partial charge on any atom is -0.495 e. The second-order valence-electron chi connectivity index (χ2n) is 4.71. The lowest BCUT2D eigenvalue weighted by Gasteiger charge is -2.19. The first kappa shape index (κ1) is 13.1. The van der Waals surface area contributed by atoms with Crippen molar-refractivity contribution in [2.75, 3.05) is 25.6 Å². The highest BCUT2D eigenvalue weighted by Crippen LogP contribution is 2.28. The standard InChI is InChI=1S/C14H22N2O2/c1-18-13-10-11-6-5-8-15-14(11)16-12(13)7-3-2-4-9-17/h10,17H,2-9H2,1H3,(H,15,16). The topological polar surface area (TPSA) is 54.4 Å². The average molecular weight is 250 g/mol. The van der Waals surface area contributed by atoms with E-state index in [-0.39, 0.29) is 6.61 Å². The molecule has 0 fully saturated rings. The Morgan fingerprint density at radius 2 is 2.28 bits per heavy atom. The van der Waals surface area contributed by atoms with Crippen molar-refractivity contribution in [1.82, 2.24) is 4.98 Å². The van der Waals surface area contributed by atoms with E-state index in [1.807, 2.05) is 0 Å². The lowest BCUT2D eigenvalue weighted by molar-refractivity contribution is 0.283. The number of aliphatic hydroxyl groups is 1. The summed E-state index contributed by atoms with van der Waals surface area (Å²) < 4.78 is 5.43. The lowest BCUT2D eigenvalue weighted by atomic mass is 10.0. The van der Waals surface area contributed by atoms with Crippen LogP contribution in [0.2, 0.25) is 0 Å². The Balaban J connectivity index is 2.07. The molecule has 1 aromatic heterocycles. The second-order valence-corrected chi connectivity index (χ2v) is 4.71. The molecule has 0 amide bonds. The van der Waals surface area contributed by atoms with Gasteiger partial charge in [0.25, 0.3) is 0 Å². The van der Waals surface area contributed by atoms with E-state index >= 15 is 0 Å². The molecule has 1 aliphatic rings. The number of anilines is 1. The highest BCUT2D eigenvalue weighted by Gasteiger charge is 2.14. The molecule has 100 valence electrons. The fraction of sp³-hybridized carbons (Fsp3) is 0.643. The molecular weight excluding hydrogens is 228 g/mol. The van der Waals surface area contributed by atoms with Gasteiger partial charge in [0.05, 0.1) is 12.8 Å². The van der Waals surface area contributed by atoms with Crippen LogP contribution in [0.4, 0.5) is 5.82 Å². The first-order chi connectivity index (χ1) is 8.85. The van der Waals surface area contributed by atoms with Gasteiger partial charge in [0.2, 0.25) is 0 Å². The maximum absolute atomic E-state index is 8.77. The van der Waals surface area contributed by atoms with Crippen LogP contribution in [-0.2, 0) is 12.8 Å². The smallest absolute Gasteiger partial charge is 0.140 e. The van der Waals surface area contributed by atoms with Gasteiger partial charge in [-0.3, -0.25) is 0 Å². The number of pyridine rings is 1. The summed E-state index contributed by atoms with van der Waals surface area (Å²) in [7, 11) is 1.71. The minimum absolute atomic E-state index is 0.274. The molecule has 1 aromatic rings. The van der Waals surface area contributed by atoms with Gasteiger partial charge in [-0.05, 0) is 43.7 Å². The van der Waals surface area contributed by atoms with E-state index in [4.69, 9.17) is 9.84 Å². The predicted octanol–water partition coefficient (Wildman–Crippen LogP) is 2.15. The fourth-order valence-electron chi connectivity index (χ4n) is 2.34. The molecule has 0 radical (unpaired) electrons. The summed E-state index contributed by atoms with van der Waals surface area (Å²) in [6.07, 6.45) is 6.10. The number of fused-ring (bicyclic) bond motifs is 1. The largest absolute Gasteiger partial charge is 0.495 e. The molecule has 18 heavy (non-hydrogen) atoms. The second kappa shape index (κ2) is 6.59. The Kier molecular flexibility index (Phi) is 4.81. The third kappa shape index (κ3) is 3.13. The van der Waals surface area contributed by atoms with Gasteiger partial charge in [0.1, 0.15) is 11.6 Å². The van der Waals surface area contributed by atoms with E-state index in [1.54, 1.807) is 7.11 Å². The van der Waals surface area contributed by atoms with Crippen molar-refractivity contribution in [3.8, 4) is 5.75 Å². The quantitative estimate of drug-likeness (QED) is 0.760. The summed E-state index contributed by atoms with van der Waals surface area (Å²) >= 11 is 0. The van der Waals surface area contributed by atoms with Gasteiger partial charge in [-0.2, -0.15) is 0 Å². The van der Waals surface area contributed by atoms with Gasteiger partial charge in [-0.25, -0.2) is 4.98 Å². The Morgan fingerprint density at radius 3 is 3.06 bits per heavy atom. The zero-order valence-electron chi connectivity index (χ0n) is 11.0. The maximum Gasteiger partial charge on any atom is 0.140 e. The average Bonchev–Trinajstić information content (AvgIpc) is 2.42. The molecular formula is C14H22N2O2. The van der Waals surface area contributed by atoms with Crippen LogP contribution in [0.1, 0.15) is 36.9 Å². The number of rotatable bonds is 6. The van der Waals surface area contributed by atoms with E-state index in [2.05, 4.69) is 16.4 Å². The monoisotopic (exact) mass is 250 g/mol. The molecule has 0 spiro atoms. The summed E-state index contributed by atoms with van der Waals surface area (Å²) in [5.74, 6) is 1.93. The number of aromatic nitrogens is 1. The van der Waals surface area contributed by atoms with Crippen molar-refractivity contribution in [2.24, 2.45) is 0 Å². The van der Waals surface area contributed by atoms with Gasteiger partial charge < -0.3 is 15.2 Å². The van der Waals surface area contributed by atoms with Crippen LogP contribution in [0.15, 0.2) is 6.07 Å². The highest BCUT2D eigenvalue weighted by molar-refractivity contribution is 5.51. The zero-order chi connectivity index (χ0) is 12.8. The van der Waals surface area contributed by atoms with Gasteiger partial charge >= 0.3 is 0 Å². The van der Waals surface area contributed by atoms with Crippen molar-refractivity contribution < 1.29 is 9.84 Å². The van der Waals surface area contributed by atoms with Gasteiger partial charge in [0.15, 0.2) is 0 Å². The van der Waals surface area contributed by atoms with E-state index in [0.717, 1.165) is 62.3 Å². The van der Waals surface area contributed by atoms with Crippen molar-refractivity contribution in [3.63, 3.8) is 0 Å². The van der Waals surface area contributed by atoms with Gasteiger partial charge in [-0.1, -0.05) is 6.42 Å². The molecule has 0 aromatic carbocycles. The molecule has 0 atom stereocenters. The van der Waals surface area contributed by atoms with E-state index < -0.39 is 0 Å². The number of unbranched alkanes of at least 4 members (excludes halogenated alkanes) is 2. The van der Waals surface area contributed by atoms with E-state index in [0.29, 0.717) is 0 Å². The van der Waals surface area contributed by atoms with Gasteiger partial charge in [-0.15, -0.1) is 0 Å². The lowest BCUT2D eigenvalue weighted by Crippen LogP contribution is -2.14. The summed E-state index contributed by atoms with van der Waals surface area (Å²) in [4.78, 5) is 4.68. The van der Waals surface area contributed by atoms with Gasteiger partial charge in [0, 0.05) is 13.2 Å². The molecule has 0 aliphatic carbocycles. The van der Waals surface area contributed by atoms with Crippen LogP contribution in [-0.4, -0.2) is 30.4 Å². The minimum atomic E-state index is 0.274. The van der Waals surface area contributed by atoms with Crippen LogP contribution in [0, 0.1) is 0 Å². The summed E-state index contributed by atoms with van der Waals surface area (Å²) in [5, 5.41) is 12.1. The number of nitrogens with zero attached hydrogens (tertiary/aromatic N) is 1. The number of hydrogen-bond donors (Lipinski definition) is 2. The number of aliphatic hydroxyl groups excluding tert-OH is 1. The molecule has 0 unspecified atom stereocenters. The number of nitrogens with one attached hydrogen (secondary N) is 1. The van der Waals surface area contributed by atoms with Crippen LogP contribution in [0.5, 0.6) is 5.75 Å². The molecule has 1 aliphatic heterocycles. The normalized spacial score (nSPS) is 13.9. The predicted molar refractivity (Wildman–Crippen MR) is 72.2 cm³/mol. The maximum atomic E-state index is 8.77. The Labute approximate surface area is 108 Å². The van der Waals surface area contributed by atoms with Crippen LogP contribution < -0.4 is 10.1 Å². The summed E-state index contributed by atoms with van der Waals surface area (Å²) in [6.45, 7) is 1.28. The SMILES string of the molecule is COc1cc2c(nc1CCCCCO)NCCC2. The fourth-order valence-corrected chi connectivity index (χ4v) is 2.34. The first-order valence-electron chi connectivity index (χ1n) is 6.76. The molecule has 2 N–H and O–H groups in total. The molecule has 2 rings (SSSR count). The first-order valence-corrected chi connectivity index (χ1v) is 6.76. The summed E-state index contributed by atoms with van der Waals surface area (Å²) in [5.41, 5.74) is 2.29. The number of methoxy groups -OCH3 is 1. The third-order valence-electron chi connectivity index (χ3n) is 3.35.